The summed E-state index contributed by atoms with van der Waals surface area (Å²) in [5.74, 6) is 0.389. The molecule has 4 aromatic heterocycles. The summed E-state index contributed by atoms with van der Waals surface area (Å²) in [6, 6.07) is 9.89. The number of fused-ring (bicyclic) bond motifs is 2. The standard InChI is InChI=1S/C26H25N7O3S/c1-15(34)9-28-25(35)17-7-16(10-27-11-17)23-8-21-24(37-23)13-29-26(31-21)33-5-6-36-22(14-33)18-3-2-4-20-19(18)12-30-32-20/h2-4,7-8,10-13,15,22,34H,5-6,9,14H2,1H3,(H,28,35)(H,30,32)/t15?,22-/m1/s1. The van der Waals surface area contributed by atoms with E-state index in [2.05, 4.69) is 36.4 Å². The number of nitrogens with one attached hydrogen (secondary N) is 2. The van der Waals surface area contributed by atoms with Gasteiger partial charge in [-0.25, -0.2) is 9.97 Å². The molecule has 0 spiro atoms. The average molecular weight is 516 g/mol. The van der Waals surface area contributed by atoms with Crippen molar-refractivity contribution in [3.05, 3.63) is 66.2 Å². The fourth-order valence-electron chi connectivity index (χ4n) is 4.46. The van der Waals surface area contributed by atoms with Gasteiger partial charge in [0.25, 0.3) is 5.91 Å². The lowest BCUT2D eigenvalue weighted by Gasteiger charge is -2.33. The number of aliphatic hydroxyl groups is 1. The first-order chi connectivity index (χ1) is 18.0. The first-order valence-electron chi connectivity index (χ1n) is 12.0. The molecule has 2 atom stereocenters. The fraction of sp³-hybridized carbons (Fsp3) is 0.269. The normalized spacial score (nSPS) is 16.8. The molecular weight excluding hydrogens is 490 g/mol. The van der Waals surface area contributed by atoms with E-state index in [9.17, 15) is 9.90 Å². The number of ether oxygens (including phenoxy) is 1. The number of aromatic nitrogens is 5. The number of morpholine rings is 1. The lowest BCUT2D eigenvalue weighted by molar-refractivity contribution is 0.0402. The Hall–Kier alpha value is -3.93. The minimum Gasteiger partial charge on any atom is -0.392 e. The Kier molecular flexibility index (Phi) is 6.25. The van der Waals surface area contributed by atoms with Gasteiger partial charge in [0.05, 0.1) is 52.9 Å². The summed E-state index contributed by atoms with van der Waals surface area (Å²) in [6.07, 6.45) is 6.21. The lowest BCUT2D eigenvalue weighted by atomic mass is 10.0. The first-order valence-corrected chi connectivity index (χ1v) is 12.8. The van der Waals surface area contributed by atoms with E-state index in [-0.39, 0.29) is 18.6 Å². The molecule has 1 aliphatic rings. The highest BCUT2D eigenvalue weighted by Gasteiger charge is 2.26. The highest BCUT2D eigenvalue weighted by molar-refractivity contribution is 7.22. The molecule has 3 N–H and O–H groups in total. The maximum atomic E-state index is 12.4. The summed E-state index contributed by atoms with van der Waals surface area (Å²) < 4.78 is 7.07. The summed E-state index contributed by atoms with van der Waals surface area (Å²) in [4.78, 5) is 29.3. The monoisotopic (exact) mass is 515 g/mol. The molecule has 1 aliphatic heterocycles. The topological polar surface area (TPSA) is 129 Å². The maximum absolute atomic E-state index is 12.4. The quantitative estimate of drug-likeness (QED) is 0.314. The summed E-state index contributed by atoms with van der Waals surface area (Å²) in [7, 11) is 0. The molecule has 10 nitrogen and oxygen atoms in total. The number of benzene rings is 1. The number of aromatic amines is 1. The van der Waals surface area contributed by atoms with Gasteiger partial charge >= 0.3 is 0 Å². The molecule has 1 unspecified atom stereocenters. The Labute approximate surface area is 216 Å². The second-order valence-electron chi connectivity index (χ2n) is 9.04. The van der Waals surface area contributed by atoms with Crippen LogP contribution in [0.4, 0.5) is 5.95 Å². The van der Waals surface area contributed by atoms with Crippen LogP contribution in [0.1, 0.15) is 28.9 Å². The van der Waals surface area contributed by atoms with E-state index in [1.807, 2.05) is 30.6 Å². The van der Waals surface area contributed by atoms with Crippen molar-refractivity contribution in [1.82, 2.24) is 30.5 Å². The molecule has 0 aliphatic carbocycles. The van der Waals surface area contributed by atoms with Gasteiger partial charge in [0.2, 0.25) is 5.95 Å². The number of carbonyl (C=O) groups excluding carboxylic acids is 1. The summed E-state index contributed by atoms with van der Waals surface area (Å²) in [5.41, 5.74) is 4.19. The zero-order valence-electron chi connectivity index (χ0n) is 20.1. The van der Waals surface area contributed by atoms with Crippen molar-refractivity contribution >= 4 is 44.3 Å². The van der Waals surface area contributed by atoms with Gasteiger partial charge in [-0.15, -0.1) is 11.3 Å². The molecular formula is C26H25N7O3S. The van der Waals surface area contributed by atoms with Crippen LogP contribution in [-0.2, 0) is 4.74 Å². The molecule has 37 heavy (non-hydrogen) atoms. The largest absolute Gasteiger partial charge is 0.392 e. The molecule has 11 heteroatoms. The molecule has 1 saturated heterocycles. The number of hydrogen-bond acceptors (Lipinski definition) is 9. The zero-order chi connectivity index (χ0) is 25.4. The average Bonchev–Trinajstić information content (AvgIpc) is 3.58. The molecule has 5 aromatic rings. The minimum atomic E-state index is -0.614. The van der Waals surface area contributed by atoms with Crippen LogP contribution in [0.5, 0.6) is 0 Å². The van der Waals surface area contributed by atoms with E-state index in [4.69, 9.17) is 9.72 Å². The Morgan fingerprint density at radius 1 is 1.30 bits per heavy atom. The van der Waals surface area contributed by atoms with E-state index in [0.717, 1.165) is 37.1 Å². The summed E-state index contributed by atoms with van der Waals surface area (Å²) in [6.45, 7) is 3.72. The maximum Gasteiger partial charge on any atom is 0.252 e. The second-order valence-corrected chi connectivity index (χ2v) is 10.1. The van der Waals surface area contributed by atoms with Gasteiger partial charge in [-0.3, -0.25) is 14.9 Å². The zero-order valence-corrected chi connectivity index (χ0v) is 20.9. The van der Waals surface area contributed by atoms with Crippen LogP contribution in [0.3, 0.4) is 0 Å². The molecule has 0 saturated carbocycles. The number of rotatable bonds is 6. The van der Waals surface area contributed by atoms with Gasteiger partial charge in [0.1, 0.15) is 6.10 Å². The molecule has 5 heterocycles. The van der Waals surface area contributed by atoms with Crippen molar-refractivity contribution < 1.29 is 14.6 Å². The summed E-state index contributed by atoms with van der Waals surface area (Å²) in [5, 5.41) is 20.4. The van der Waals surface area contributed by atoms with Gasteiger partial charge in [-0.1, -0.05) is 12.1 Å². The van der Waals surface area contributed by atoms with Gasteiger partial charge in [-0.2, -0.15) is 5.10 Å². The highest BCUT2D eigenvalue weighted by Crippen LogP contribution is 2.34. The molecule has 0 bridgehead atoms. The molecule has 6 rings (SSSR count). The number of carbonyl (C=O) groups is 1. The SMILES string of the molecule is CC(O)CNC(=O)c1cncc(-c2cc3nc(N4CCO[C@@H](c5cccc6[nH]ncc56)C4)ncc3s2)c1. The molecule has 188 valence electrons. The van der Waals surface area contributed by atoms with Crippen LogP contribution in [0.15, 0.2) is 55.1 Å². The Bertz CT molecular complexity index is 1580. The Balaban J connectivity index is 1.24. The number of pyridine rings is 1. The van der Waals surface area contributed by atoms with Crippen molar-refractivity contribution in [2.24, 2.45) is 0 Å². The Morgan fingerprint density at radius 3 is 3.11 bits per heavy atom. The predicted molar refractivity (Wildman–Crippen MR) is 142 cm³/mol. The third-order valence-electron chi connectivity index (χ3n) is 6.32. The number of hydrogen-bond donors (Lipinski definition) is 3. The van der Waals surface area contributed by atoms with Crippen LogP contribution < -0.4 is 10.2 Å². The third kappa shape index (κ3) is 4.76. The Morgan fingerprint density at radius 2 is 2.22 bits per heavy atom. The number of aliphatic hydroxyl groups excluding tert-OH is 1. The van der Waals surface area contributed by atoms with Gasteiger partial charge in [-0.05, 0) is 30.7 Å². The number of nitrogens with zero attached hydrogens (tertiary/aromatic N) is 5. The van der Waals surface area contributed by atoms with Crippen LogP contribution >= 0.6 is 11.3 Å². The number of H-pyrrole nitrogens is 1. The van der Waals surface area contributed by atoms with E-state index < -0.39 is 6.10 Å². The van der Waals surface area contributed by atoms with Crippen molar-refractivity contribution in [2.75, 3.05) is 31.1 Å². The van der Waals surface area contributed by atoms with Crippen LogP contribution in [0, 0.1) is 0 Å². The lowest BCUT2D eigenvalue weighted by Crippen LogP contribution is -2.39. The molecule has 1 fully saturated rings. The number of anilines is 1. The molecule has 1 amide bonds. The smallest absolute Gasteiger partial charge is 0.252 e. The highest BCUT2D eigenvalue weighted by atomic mass is 32.1. The first kappa shape index (κ1) is 23.5. The van der Waals surface area contributed by atoms with E-state index >= 15 is 0 Å². The molecule has 1 aromatic carbocycles. The van der Waals surface area contributed by atoms with Gasteiger partial charge in [0, 0.05) is 41.3 Å². The predicted octanol–water partition coefficient (Wildman–Crippen LogP) is 3.32. The van der Waals surface area contributed by atoms with Gasteiger partial charge < -0.3 is 20.1 Å². The second kappa shape index (κ2) is 9.85. The fourth-order valence-corrected chi connectivity index (χ4v) is 5.41. The van der Waals surface area contributed by atoms with Crippen LogP contribution in [0.2, 0.25) is 0 Å². The van der Waals surface area contributed by atoms with Crippen molar-refractivity contribution in [2.45, 2.75) is 19.1 Å². The third-order valence-corrected chi connectivity index (χ3v) is 7.42. The van der Waals surface area contributed by atoms with E-state index in [1.165, 1.54) is 6.20 Å². The summed E-state index contributed by atoms with van der Waals surface area (Å²) >= 11 is 1.55. The van der Waals surface area contributed by atoms with E-state index in [1.54, 1.807) is 30.5 Å². The van der Waals surface area contributed by atoms with Crippen molar-refractivity contribution in [1.29, 1.82) is 0 Å². The number of amides is 1. The van der Waals surface area contributed by atoms with Gasteiger partial charge in [0.15, 0.2) is 0 Å². The van der Waals surface area contributed by atoms with Crippen molar-refractivity contribution in [3.63, 3.8) is 0 Å². The molecule has 0 radical (unpaired) electrons. The van der Waals surface area contributed by atoms with Crippen LogP contribution in [0.25, 0.3) is 31.6 Å². The van der Waals surface area contributed by atoms with Crippen LogP contribution in [-0.4, -0.2) is 68.5 Å². The van der Waals surface area contributed by atoms with Crippen molar-refractivity contribution in [3.8, 4) is 10.4 Å². The number of thiophene rings is 1. The minimum absolute atomic E-state index is 0.110. The van der Waals surface area contributed by atoms with E-state index in [0.29, 0.717) is 31.2 Å².